The molecule has 0 amide bonds. The van der Waals surface area contributed by atoms with E-state index in [9.17, 15) is 0 Å². The van der Waals surface area contributed by atoms with E-state index in [-0.39, 0.29) is 0 Å². The van der Waals surface area contributed by atoms with Crippen molar-refractivity contribution in [3.05, 3.63) is 40.0 Å². The maximum Gasteiger partial charge on any atom is 0.106 e. The molecule has 2 aromatic heterocycles. The maximum absolute atomic E-state index is 6.26. The summed E-state index contributed by atoms with van der Waals surface area (Å²) in [6.07, 6.45) is 0. The third-order valence-corrected chi connectivity index (χ3v) is 5.27. The number of anilines is 2. The van der Waals surface area contributed by atoms with Crippen molar-refractivity contribution in [2.45, 2.75) is 13.0 Å². The quantitative estimate of drug-likeness (QED) is 0.737. The molecule has 98 valence electrons. The van der Waals surface area contributed by atoms with Crippen molar-refractivity contribution in [3.8, 4) is 0 Å². The predicted octanol–water partition coefficient (Wildman–Crippen LogP) is 4.14. The van der Waals surface area contributed by atoms with Gasteiger partial charge in [0.05, 0.1) is 27.6 Å². The standard InChI is InChI=1S/C14H15N3S2/c1-9(11-4-3-7-18-11)17(2)10-5-6-12-14(13(10)15)16-8-19-12/h3-9H,15H2,1-2H3. The number of thiazole rings is 1. The Hall–Kier alpha value is -1.59. The molecule has 0 aliphatic heterocycles. The van der Waals surface area contributed by atoms with Crippen molar-refractivity contribution in [1.82, 2.24) is 4.98 Å². The van der Waals surface area contributed by atoms with E-state index in [4.69, 9.17) is 5.73 Å². The van der Waals surface area contributed by atoms with Gasteiger partial charge in [0.25, 0.3) is 0 Å². The SMILES string of the molecule is CC(c1cccs1)N(C)c1ccc2scnc2c1N. The number of fused-ring (bicyclic) bond motifs is 1. The van der Waals surface area contributed by atoms with E-state index in [1.807, 2.05) is 5.51 Å². The van der Waals surface area contributed by atoms with Crippen molar-refractivity contribution < 1.29 is 0 Å². The van der Waals surface area contributed by atoms with E-state index >= 15 is 0 Å². The van der Waals surface area contributed by atoms with Crippen molar-refractivity contribution >= 4 is 44.3 Å². The molecule has 19 heavy (non-hydrogen) atoms. The van der Waals surface area contributed by atoms with Crippen LogP contribution >= 0.6 is 22.7 Å². The van der Waals surface area contributed by atoms with Crippen LogP contribution in [0.2, 0.25) is 0 Å². The van der Waals surface area contributed by atoms with Crippen molar-refractivity contribution in [3.63, 3.8) is 0 Å². The lowest BCUT2D eigenvalue weighted by molar-refractivity contribution is 0.755. The van der Waals surface area contributed by atoms with Crippen molar-refractivity contribution in [2.75, 3.05) is 17.7 Å². The van der Waals surface area contributed by atoms with Crippen molar-refractivity contribution in [2.24, 2.45) is 0 Å². The van der Waals surface area contributed by atoms with Crippen molar-refractivity contribution in [1.29, 1.82) is 0 Å². The number of rotatable bonds is 3. The van der Waals surface area contributed by atoms with Gasteiger partial charge in [-0.1, -0.05) is 6.07 Å². The van der Waals surface area contributed by atoms with Crippen LogP contribution in [0.15, 0.2) is 35.2 Å². The van der Waals surface area contributed by atoms with E-state index in [0.29, 0.717) is 6.04 Å². The summed E-state index contributed by atoms with van der Waals surface area (Å²) in [7, 11) is 2.08. The molecule has 0 aliphatic carbocycles. The van der Waals surface area contributed by atoms with Gasteiger partial charge in [0.15, 0.2) is 0 Å². The molecule has 0 fully saturated rings. The molecule has 0 aliphatic rings. The summed E-state index contributed by atoms with van der Waals surface area (Å²) in [5, 5.41) is 2.10. The minimum Gasteiger partial charge on any atom is -0.395 e. The normalized spacial score (nSPS) is 12.7. The molecule has 0 saturated heterocycles. The van der Waals surface area contributed by atoms with Crippen LogP contribution in [0.4, 0.5) is 11.4 Å². The molecule has 0 bridgehead atoms. The highest BCUT2D eigenvalue weighted by Crippen LogP contribution is 2.36. The zero-order valence-corrected chi connectivity index (χ0v) is 12.5. The van der Waals surface area contributed by atoms with E-state index in [2.05, 4.69) is 53.5 Å². The molecule has 2 heterocycles. The predicted molar refractivity (Wildman–Crippen MR) is 85.2 cm³/mol. The molecular weight excluding hydrogens is 274 g/mol. The second-order valence-electron chi connectivity index (χ2n) is 4.50. The number of nitrogens with zero attached hydrogens (tertiary/aromatic N) is 2. The number of nitrogens with two attached hydrogens (primary N) is 1. The summed E-state index contributed by atoms with van der Waals surface area (Å²) >= 11 is 3.39. The number of thiophene rings is 1. The molecule has 3 aromatic rings. The fourth-order valence-corrected chi connectivity index (χ4v) is 3.70. The minimum atomic E-state index is 0.304. The molecule has 5 heteroatoms. The molecule has 2 N–H and O–H groups in total. The van der Waals surface area contributed by atoms with Crippen LogP contribution in [0.25, 0.3) is 10.2 Å². The summed E-state index contributed by atoms with van der Waals surface area (Å²) in [4.78, 5) is 7.89. The van der Waals surface area contributed by atoms with Crippen LogP contribution in [0.5, 0.6) is 0 Å². The number of benzene rings is 1. The van der Waals surface area contributed by atoms with Gasteiger partial charge < -0.3 is 10.6 Å². The Morgan fingerprint density at radius 3 is 2.84 bits per heavy atom. The Morgan fingerprint density at radius 1 is 1.26 bits per heavy atom. The Bertz CT molecular complexity index is 688. The second kappa shape index (κ2) is 4.83. The first-order valence-electron chi connectivity index (χ1n) is 6.06. The molecule has 3 rings (SSSR count). The molecule has 1 aromatic carbocycles. The molecule has 0 radical (unpaired) electrons. The third kappa shape index (κ3) is 2.09. The lowest BCUT2D eigenvalue weighted by Crippen LogP contribution is -2.21. The summed E-state index contributed by atoms with van der Waals surface area (Å²) in [5.41, 5.74) is 10.8. The maximum atomic E-state index is 6.26. The Morgan fingerprint density at radius 2 is 2.11 bits per heavy atom. The Labute approximate surface area is 120 Å². The topological polar surface area (TPSA) is 42.2 Å². The van der Waals surface area contributed by atoms with Gasteiger partial charge in [0, 0.05) is 11.9 Å². The van der Waals surface area contributed by atoms with E-state index in [1.54, 1.807) is 22.7 Å². The molecule has 0 spiro atoms. The van der Waals surface area contributed by atoms with Crippen LogP contribution in [0, 0.1) is 0 Å². The van der Waals surface area contributed by atoms with Gasteiger partial charge in [-0.15, -0.1) is 22.7 Å². The van der Waals surface area contributed by atoms with E-state index < -0.39 is 0 Å². The van der Waals surface area contributed by atoms with Gasteiger partial charge in [0.1, 0.15) is 5.52 Å². The summed E-state index contributed by atoms with van der Waals surface area (Å²) < 4.78 is 1.14. The van der Waals surface area contributed by atoms with Gasteiger partial charge in [-0.3, -0.25) is 0 Å². The number of nitrogen functional groups attached to an aromatic ring is 1. The first-order chi connectivity index (χ1) is 9.18. The highest BCUT2D eigenvalue weighted by atomic mass is 32.1. The number of hydrogen-bond acceptors (Lipinski definition) is 5. The van der Waals surface area contributed by atoms with Gasteiger partial charge in [-0.05, 0) is 30.5 Å². The lowest BCUT2D eigenvalue weighted by Gasteiger charge is -2.27. The monoisotopic (exact) mass is 289 g/mol. The summed E-state index contributed by atoms with van der Waals surface area (Å²) in [6, 6.07) is 8.72. The fourth-order valence-electron chi connectivity index (χ4n) is 2.18. The van der Waals surface area contributed by atoms with Gasteiger partial charge in [-0.25, -0.2) is 4.98 Å². The average Bonchev–Trinajstić information content (AvgIpc) is 3.08. The second-order valence-corrected chi connectivity index (χ2v) is 6.37. The smallest absolute Gasteiger partial charge is 0.106 e. The minimum absolute atomic E-state index is 0.304. The molecule has 1 unspecified atom stereocenters. The van der Waals surface area contributed by atoms with E-state index in [0.717, 1.165) is 21.6 Å². The van der Waals surface area contributed by atoms with Crippen LogP contribution in [0.1, 0.15) is 17.8 Å². The van der Waals surface area contributed by atoms with Gasteiger partial charge in [-0.2, -0.15) is 0 Å². The third-order valence-electron chi connectivity index (χ3n) is 3.43. The zero-order valence-electron chi connectivity index (χ0n) is 10.8. The molecule has 0 saturated carbocycles. The molecular formula is C14H15N3S2. The Balaban J connectivity index is 2.01. The average molecular weight is 289 g/mol. The van der Waals surface area contributed by atoms with Gasteiger partial charge in [0.2, 0.25) is 0 Å². The highest BCUT2D eigenvalue weighted by Gasteiger charge is 2.17. The van der Waals surface area contributed by atoms with E-state index in [1.165, 1.54) is 4.88 Å². The Kier molecular flexibility index (Phi) is 3.16. The van der Waals surface area contributed by atoms with Crippen LogP contribution in [0.3, 0.4) is 0 Å². The first kappa shape index (κ1) is 12.4. The first-order valence-corrected chi connectivity index (χ1v) is 7.82. The van der Waals surface area contributed by atoms with Crippen LogP contribution in [-0.2, 0) is 0 Å². The fraction of sp³-hybridized carbons (Fsp3) is 0.214. The van der Waals surface area contributed by atoms with Gasteiger partial charge >= 0.3 is 0 Å². The van der Waals surface area contributed by atoms with Crippen LogP contribution in [-0.4, -0.2) is 12.0 Å². The molecule has 1 atom stereocenters. The highest BCUT2D eigenvalue weighted by molar-refractivity contribution is 7.16. The zero-order chi connectivity index (χ0) is 13.4. The lowest BCUT2D eigenvalue weighted by atomic mass is 10.2. The van der Waals surface area contributed by atoms with Crippen LogP contribution < -0.4 is 10.6 Å². The number of aromatic nitrogens is 1. The largest absolute Gasteiger partial charge is 0.395 e. The number of hydrogen-bond donors (Lipinski definition) is 1. The summed E-state index contributed by atoms with van der Waals surface area (Å²) in [6.45, 7) is 2.19. The molecule has 3 nitrogen and oxygen atoms in total. The summed E-state index contributed by atoms with van der Waals surface area (Å²) in [5.74, 6) is 0.